The third-order valence-corrected chi connectivity index (χ3v) is 4.88. The van der Waals surface area contributed by atoms with Crippen molar-refractivity contribution < 1.29 is 18.0 Å². The minimum atomic E-state index is -4.51. The highest BCUT2D eigenvalue weighted by Crippen LogP contribution is 2.38. The molecule has 0 spiro atoms. The highest BCUT2D eigenvalue weighted by atomic mass is 19.4. The van der Waals surface area contributed by atoms with Crippen LogP contribution in [0.5, 0.6) is 0 Å². The van der Waals surface area contributed by atoms with Gasteiger partial charge in [0.25, 0.3) is 0 Å². The van der Waals surface area contributed by atoms with Crippen LogP contribution in [-0.4, -0.2) is 67.5 Å². The molecule has 1 saturated carbocycles. The van der Waals surface area contributed by atoms with Crippen LogP contribution in [0.4, 0.5) is 19.1 Å². The molecule has 0 bridgehead atoms. The Bertz CT molecular complexity index is 716. The molecule has 0 atom stereocenters. The van der Waals surface area contributed by atoms with E-state index in [1.165, 1.54) is 0 Å². The Hall–Kier alpha value is -2.59. The Morgan fingerprint density at radius 1 is 1.24 bits per heavy atom. The number of carbonyl (C=O) groups excluding carboxylic acids is 1. The van der Waals surface area contributed by atoms with Gasteiger partial charge in [0.2, 0.25) is 11.9 Å². The second-order valence-electron chi connectivity index (χ2n) is 7.23. The number of nitrogens with one attached hydrogen (secondary N) is 3. The zero-order valence-electron chi connectivity index (χ0n) is 16.9. The number of amides is 1. The van der Waals surface area contributed by atoms with Crippen LogP contribution in [0.1, 0.15) is 31.4 Å². The average Bonchev–Trinajstić information content (AvgIpc) is 3.16. The monoisotopic (exact) mass is 415 g/mol. The number of nitrogens with zero attached hydrogens (tertiary/aromatic N) is 4. The van der Waals surface area contributed by atoms with Crippen molar-refractivity contribution in [1.29, 1.82) is 0 Å². The molecule has 1 amide bonds. The molecule has 1 aromatic heterocycles. The van der Waals surface area contributed by atoms with E-state index in [-0.39, 0.29) is 11.9 Å². The predicted molar refractivity (Wildman–Crippen MR) is 104 cm³/mol. The van der Waals surface area contributed by atoms with Crippen LogP contribution in [0.25, 0.3) is 0 Å². The van der Waals surface area contributed by atoms with Crippen LogP contribution in [-0.2, 0) is 11.0 Å². The van der Waals surface area contributed by atoms with Gasteiger partial charge in [-0.1, -0.05) is 12.8 Å². The van der Waals surface area contributed by atoms with E-state index in [1.807, 2.05) is 0 Å². The van der Waals surface area contributed by atoms with E-state index in [4.69, 9.17) is 0 Å². The van der Waals surface area contributed by atoms with E-state index in [1.54, 1.807) is 26.0 Å². The molecule has 1 fully saturated rings. The second kappa shape index (κ2) is 9.75. The molecular formula is C18H28F3N7O. The number of hydrogen-bond donors (Lipinski definition) is 3. The van der Waals surface area contributed by atoms with Crippen molar-refractivity contribution in [1.82, 2.24) is 25.5 Å². The van der Waals surface area contributed by atoms with Gasteiger partial charge in [0.15, 0.2) is 5.96 Å². The van der Waals surface area contributed by atoms with Crippen molar-refractivity contribution in [2.24, 2.45) is 10.4 Å². The van der Waals surface area contributed by atoms with E-state index in [2.05, 4.69) is 30.9 Å². The summed E-state index contributed by atoms with van der Waals surface area (Å²) in [5.74, 6) is 0.543. The zero-order chi connectivity index (χ0) is 21.5. The summed E-state index contributed by atoms with van der Waals surface area (Å²) in [6.45, 7) is 1.16. The Kier molecular flexibility index (Phi) is 7.63. The smallest absolute Gasteiger partial charge is 0.355 e. The van der Waals surface area contributed by atoms with E-state index in [0.29, 0.717) is 25.6 Å². The maximum atomic E-state index is 12.7. The van der Waals surface area contributed by atoms with Crippen molar-refractivity contribution in [3.05, 3.63) is 18.0 Å². The minimum absolute atomic E-state index is 0.0916. The Morgan fingerprint density at radius 2 is 1.93 bits per heavy atom. The number of aromatic nitrogens is 2. The number of halogens is 3. The van der Waals surface area contributed by atoms with E-state index in [9.17, 15) is 18.0 Å². The first kappa shape index (κ1) is 22.7. The number of aliphatic imine (C=N–C) groups is 1. The first-order valence-corrected chi connectivity index (χ1v) is 9.48. The van der Waals surface area contributed by atoms with Crippen molar-refractivity contribution in [2.75, 3.05) is 46.1 Å². The largest absolute Gasteiger partial charge is 0.433 e. The normalized spacial score (nSPS) is 16.4. The van der Waals surface area contributed by atoms with Gasteiger partial charge in [-0.05, 0) is 18.9 Å². The van der Waals surface area contributed by atoms with Crippen molar-refractivity contribution in [3.8, 4) is 0 Å². The summed E-state index contributed by atoms with van der Waals surface area (Å²) in [6.07, 6.45) is 0.270. The molecule has 0 aromatic carbocycles. The van der Waals surface area contributed by atoms with Crippen LogP contribution >= 0.6 is 0 Å². The molecule has 1 aromatic rings. The first-order chi connectivity index (χ1) is 13.7. The molecule has 29 heavy (non-hydrogen) atoms. The first-order valence-electron chi connectivity index (χ1n) is 9.48. The fourth-order valence-electron chi connectivity index (χ4n) is 3.42. The number of anilines is 1. The minimum Gasteiger partial charge on any atom is -0.355 e. The summed E-state index contributed by atoms with van der Waals surface area (Å²) in [6, 6.07) is 0.822. The van der Waals surface area contributed by atoms with Gasteiger partial charge in [-0.3, -0.25) is 9.79 Å². The summed E-state index contributed by atoms with van der Waals surface area (Å²) in [4.78, 5) is 25.6. The maximum Gasteiger partial charge on any atom is 0.433 e. The molecule has 1 aliphatic rings. The summed E-state index contributed by atoms with van der Waals surface area (Å²) >= 11 is 0. The highest BCUT2D eigenvalue weighted by Gasteiger charge is 2.42. The third kappa shape index (κ3) is 6.20. The molecule has 1 heterocycles. The zero-order valence-corrected chi connectivity index (χ0v) is 16.9. The van der Waals surface area contributed by atoms with Crippen LogP contribution in [0, 0.1) is 5.41 Å². The number of rotatable bonds is 7. The van der Waals surface area contributed by atoms with Crippen molar-refractivity contribution >= 4 is 17.8 Å². The number of carbonyl (C=O) groups is 1. The highest BCUT2D eigenvalue weighted by molar-refractivity contribution is 5.85. The van der Waals surface area contributed by atoms with Gasteiger partial charge in [-0.25, -0.2) is 9.97 Å². The van der Waals surface area contributed by atoms with Crippen LogP contribution in [0.15, 0.2) is 17.3 Å². The van der Waals surface area contributed by atoms with Gasteiger partial charge >= 0.3 is 6.18 Å². The molecule has 2 rings (SSSR count). The third-order valence-electron chi connectivity index (χ3n) is 4.88. The molecule has 3 N–H and O–H groups in total. The summed E-state index contributed by atoms with van der Waals surface area (Å²) in [7, 11) is 5.14. The molecule has 1 aliphatic carbocycles. The van der Waals surface area contributed by atoms with Gasteiger partial charge < -0.3 is 20.9 Å². The van der Waals surface area contributed by atoms with Crippen LogP contribution < -0.4 is 16.0 Å². The number of hydrogen-bond acceptors (Lipinski definition) is 5. The number of guanidine groups is 1. The van der Waals surface area contributed by atoms with E-state index < -0.39 is 17.3 Å². The Morgan fingerprint density at radius 3 is 2.52 bits per heavy atom. The lowest BCUT2D eigenvalue weighted by Crippen LogP contribution is -2.49. The molecule has 8 nitrogen and oxygen atoms in total. The van der Waals surface area contributed by atoms with Crippen molar-refractivity contribution in [2.45, 2.75) is 31.9 Å². The fourth-order valence-corrected chi connectivity index (χ4v) is 3.42. The van der Waals surface area contributed by atoms with Gasteiger partial charge in [0.1, 0.15) is 5.69 Å². The van der Waals surface area contributed by atoms with Gasteiger partial charge in [0, 0.05) is 47.0 Å². The van der Waals surface area contributed by atoms with E-state index >= 15 is 0 Å². The average molecular weight is 415 g/mol. The SMILES string of the molecule is CN=C(NCCNc1nccc(C(F)(F)F)n1)NCC1(C(=O)N(C)C)CCCC1. The van der Waals surface area contributed by atoms with Gasteiger partial charge in [0.05, 0.1) is 5.41 Å². The second-order valence-corrected chi connectivity index (χ2v) is 7.23. The molecule has 0 radical (unpaired) electrons. The van der Waals surface area contributed by atoms with Crippen LogP contribution in [0.3, 0.4) is 0 Å². The molecule has 0 saturated heterocycles. The quantitative estimate of drug-likeness (QED) is 0.357. The summed E-state index contributed by atoms with van der Waals surface area (Å²) in [5, 5.41) is 9.01. The molecule has 162 valence electrons. The van der Waals surface area contributed by atoms with Crippen molar-refractivity contribution in [3.63, 3.8) is 0 Å². The molecule has 11 heteroatoms. The predicted octanol–water partition coefficient (Wildman–Crippen LogP) is 1.72. The molecule has 0 aliphatic heterocycles. The van der Waals surface area contributed by atoms with Gasteiger partial charge in [-0.15, -0.1) is 0 Å². The Balaban J connectivity index is 1.82. The maximum absolute atomic E-state index is 12.7. The lowest BCUT2D eigenvalue weighted by Gasteiger charge is -2.31. The molecular weight excluding hydrogens is 387 g/mol. The topological polar surface area (TPSA) is 94.5 Å². The lowest BCUT2D eigenvalue weighted by atomic mass is 9.84. The Labute approximate surface area is 168 Å². The number of alkyl halides is 3. The van der Waals surface area contributed by atoms with Crippen LogP contribution in [0.2, 0.25) is 0 Å². The van der Waals surface area contributed by atoms with Gasteiger partial charge in [-0.2, -0.15) is 13.2 Å². The summed E-state index contributed by atoms with van der Waals surface area (Å²) in [5.41, 5.74) is -1.42. The fraction of sp³-hybridized carbons (Fsp3) is 0.667. The summed E-state index contributed by atoms with van der Waals surface area (Å²) < 4.78 is 38.0. The standard InChI is InChI=1S/C18H28F3N7O/c1-22-15(26-12-17(7-4-5-8-17)14(29)28(2)3)24-10-11-25-16-23-9-6-13(27-16)18(19,20)21/h6,9H,4-5,7-8,10-12H2,1-3H3,(H2,22,24,26)(H,23,25,27). The van der Waals surface area contributed by atoms with E-state index in [0.717, 1.165) is 37.9 Å². The molecule has 0 unspecified atom stereocenters. The lowest BCUT2D eigenvalue weighted by molar-refractivity contribution is -0.141.